The average molecular weight is 338 g/mol. The molecule has 0 aromatic carbocycles. The normalized spacial score (nSPS) is 32.7. The number of nitrogens with one attached hydrogen (secondary N) is 1. The van der Waals surface area contributed by atoms with Crippen molar-refractivity contribution in [2.24, 2.45) is 17.6 Å². The molecule has 4 nitrogen and oxygen atoms in total. The fourth-order valence-corrected chi connectivity index (χ4v) is 4.16. The van der Waals surface area contributed by atoms with Crippen molar-refractivity contribution in [3.63, 3.8) is 0 Å². The lowest BCUT2D eigenvalue weighted by atomic mass is 9.67. The Hall–Kier alpha value is -0.940. The SMILES string of the molecule is NC1CC2CCCC(C1)C2NC(=O)c1cncc(Br)c1. The predicted octanol–water partition coefficient (Wildman–Crippen LogP) is 2.48. The number of hydrogen-bond donors (Lipinski definition) is 2. The summed E-state index contributed by atoms with van der Waals surface area (Å²) in [7, 11) is 0. The van der Waals surface area contributed by atoms with E-state index in [1.807, 2.05) is 6.07 Å². The van der Waals surface area contributed by atoms with Crippen molar-refractivity contribution in [2.45, 2.75) is 44.2 Å². The molecule has 0 saturated heterocycles. The van der Waals surface area contributed by atoms with Crippen LogP contribution in [-0.4, -0.2) is 23.0 Å². The summed E-state index contributed by atoms with van der Waals surface area (Å²) in [5.41, 5.74) is 6.74. The van der Waals surface area contributed by atoms with Crippen LogP contribution in [0.4, 0.5) is 0 Å². The highest BCUT2D eigenvalue weighted by Crippen LogP contribution is 2.39. The van der Waals surface area contributed by atoms with E-state index in [1.165, 1.54) is 19.3 Å². The van der Waals surface area contributed by atoms with Crippen molar-refractivity contribution in [3.05, 3.63) is 28.5 Å². The molecular formula is C15H20BrN3O. The number of carbonyl (C=O) groups excluding carboxylic acids is 1. The number of halogens is 1. The maximum atomic E-state index is 12.4. The number of aromatic nitrogens is 1. The van der Waals surface area contributed by atoms with E-state index in [4.69, 9.17) is 5.73 Å². The molecule has 2 atom stereocenters. The van der Waals surface area contributed by atoms with Gasteiger partial charge in [-0.2, -0.15) is 0 Å². The number of hydrogen-bond acceptors (Lipinski definition) is 3. The number of pyridine rings is 1. The van der Waals surface area contributed by atoms with Crippen LogP contribution in [0.5, 0.6) is 0 Å². The molecular weight excluding hydrogens is 318 g/mol. The summed E-state index contributed by atoms with van der Waals surface area (Å²) in [6.45, 7) is 0. The van der Waals surface area contributed by atoms with Crippen LogP contribution < -0.4 is 11.1 Å². The highest BCUT2D eigenvalue weighted by Gasteiger charge is 2.39. The zero-order valence-electron chi connectivity index (χ0n) is 11.4. The number of fused-ring (bicyclic) bond motifs is 2. The number of amides is 1. The largest absolute Gasteiger partial charge is 0.349 e. The third-order valence-electron chi connectivity index (χ3n) is 4.64. The smallest absolute Gasteiger partial charge is 0.253 e. The molecule has 2 bridgehead atoms. The first-order valence-electron chi connectivity index (χ1n) is 7.30. The van der Waals surface area contributed by atoms with Crippen LogP contribution in [0, 0.1) is 11.8 Å². The van der Waals surface area contributed by atoms with E-state index >= 15 is 0 Å². The van der Waals surface area contributed by atoms with Gasteiger partial charge in [-0.3, -0.25) is 9.78 Å². The fourth-order valence-electron chi connectivity index (χ4n) is 3.80. The van der Waals surface area contributed by atoms with Gasteiger partial charge in [0.1, 0.15) is 0 Å². The first-order chi connectivity index (χ1) is 9.63. The summed E-state index contributed by atoms with van der Waals surface area (Å²) in [5.74, 6) is 1.07. The lowest BCUT2D eigenvalue weighted by Gasteiger charge is -2.45. The standard InChI is InChI=1S/C15H20BrN3O/c16-12-4-11(7-18-8-12)15(20)19-14-9-2-1-3-10(14)6-13(17)5-9/h4,7-10,13-14H,1-3,5-6,17H2,(H,19,20). The van der Waals surface area contributed by atoms with Gasteiger partial charge in [0.25, 0.3) is 5.91 Å². The Labute approximate surface area is 127 Å². The van der Waals surface area contributed by atoms with Gasteiger partial charge in [-0.25, -0.2) is 0 Å². The maximum Gasteiger partial charge on any atom is 0.253 e. The second-order valence-corrected chi connectivity index (χ2v) is 6.99. The van der Waals surface area contributed by atoms with Crippen LogP contribution in [0.15, 0.2) is 22.9 Å². The molecule has 5 heteroatoms. The Kier molecular flexibility index (Phi) is 4.08. The second-order valence-electron chi connectivity index (χ2n) is 6.07. The highest BCUT2D eigenvalue weighted by atomic mass is 79.9. The topological polar surface area (TPSA) is 68.0 Å². The second kappa shape index (κ2) is 5.82. The Morgan fingerprint density at radius 1 is 1.30 bits per heavy atom. The van der Waals surface area contributed by atoms with Gasteiger partial charge in [0.05, 0.1) is 5.56 Å². The van der Waals surface area contributed by atoms with Crippen LogP contribution in [0.3, 0.4) is 0 Å². The van der Waals surface area contributed by atoms with Gasteiger partial charge < -0.3 is 11.1 Å². The van der Waals surface area contributed by atoms with E-state index in [9.17, 15) is 4.79 Å². The molecule has 1 amide bonds. The van der Waals surface area contributed by atoms with E-state index < -0.39 is 0 Å². The summed E-state index contributed by atoms with van der Waals surface area (Å²) in [6.07, 6.45) is 9.02. The summed E-state index contributed by atoms with van der Waals surface area (Å²) >= 11 is 3.35. The lowest BCUT2D eigenvalue weighted by Crippen LogP contribution is -2.53. The molecule has 1 heterocycles. The molecule has 2 saturated carbocycles. The Bertz CT molecular complexity index is 494. The molecule has 108 valence electrons. The molecule has 0 aliphatic heterocycles. The van der Waals surface area contributed by atoms with Gasteiger partial charge in [-0.05, 0) is 59.5 Å². The zero-order valence-corrected chi connectivity index (χ0v) is 13.0. The summed E-state index contributed by atoms with van der Waals surface area (Å²) in [5, 5.41) is 3.23. The molecule has 1 aromatic heterocycles. The molecule has 2 fully saturated rings. The van der Waals surface area contributed by atoms with Crippen molar-refractivity contribution in [2.75, 3.05) is 0 Å². The zero-order chi connectivity index (χ0) is 14.1. The molecule has 3 N–H and O–H groups in total. The number of carbonyl (C=O) groups is 1. The van der Waals surface area contributed by atoms with Crippen molar-refractivity contribution in [1.82, 2.24) is 10.3 Å². The summed E-state index contributed by atoms with van der Waals surface area (Å²) in [6, 6.07) is 2.41. The summed E-state index contributed by atoms with van der Waals surface area (Å²) in [4.78, 5) is 16.4. The maximum absolute atomic E-state index is 12.4. The van der Waals surface area contributed by atoms with E-state index in [0.29, 0.717) is 23.4 Å². The third-order valence-corrected chi connectivity index (χ3v) is 5.08. The molecule has 2 unspecified atom stereocenters. The van der Waals surface area contributed by atoms with Gasteiger partial charge in [0.2, 0.25) is 0 Å². The molecule has 20 heavy (non-hydrogen) atoms. The molecule has 0 spiro atoms. The predicted molar refractivity (Wildman–Crippen MR) is 81.2 cm³/mol. The van der Waals surface area contributed by atoms with Crippen LogP contribution in [-0.2, 0) is 0 Å². The summed E-state index contributed by atoms with van der Waals surface area (Å²) < 4.78 is 0.830. The molecule has 2 aliphatic rings. The van der Waals surface area contributed by atoms with E-state index in [1.54, 1.807) is 12.4 Å². The van der Waals surface area contributed by atoms with Crippen molar-refractivity contribution >= 4 is 21.8 Å². The lowest BCUT2D eigenvalue weighted by molar-refractivity contribution is 0.0755. The first-order valence-corrected chi connectivity index (χ1v) is 8.10. The van der Waals surface area contributed by atoms with E-state index in [-0.39, 0.29) is 11.9 Å². The Morgan fingerprint density at radius 3 is 2.65 bits per heavy atom. The van der Waals surface area contributed by atoms with Gasteiger partial charge in [0.15, 0.2) is 0 Å². The van der Waals surface area contributed by atoms with Crippen LogP contribution >= 0.6 is 15.9 Å². The monoisotopic (exact) mass is 337 g/mol. The first kappa shape index (κ1) is 14.0. The number of nitrogens with two attached hydrogens (primary N) is 1. The minimum absolute atomic E-state index is 0.0174. The minimum Gasteiger partial charge on any atom is -0.349 e. The minimum atomic E-state index is -0.0174. The van der Waals surface area contributed by atoms with Crippen LogP contribution in [0.1, 0.15) is 42.5 Å². The molecule has 1 aromatic rings. The van der Waals surface area contributed by atoms with Gasteiger partial charge >= 0.3 is 0 Å². The van der Waals surface area contributed by atoms with Crippen LogP contribution in [0.2, 0.25) is 0 Å². The van der Waals surface area contributed by atoms with Crippen LogP contribution in [0.25, 0.3) is 0 Å². The van der Waals surface area contributed by atoms with Crippen molar-refractivity contribution < 1.29 is 4.79 Å². The number of nitrogens with zero attached hydrogens (tertiary/aromatic N) is 1. The van der Waals surface area contributed by atoms with E-state index in [2.05, 4.69) is 26.2 Å². The van der Waals surface area contributed by atoms with E-state index in [0.717, 1.165) is 17.3 Å². The Balaban J connectivity index is 1.72. The van der Waals surface area contributed by atoms with Gasteiger partial charge in [0, 0.05) is 29.0 Å². The van der Waals surface area contributed by atoms with Gasteiger partial charge in [-0.1, -0.05) is 6.42 Å². The van der Waals surface area contributed by atoms with Crippen molar-refractivity contribution in [1.29, 1.82) is 0 Å². The quantitative estimate of drug-likeness (QED) is 0.871. The average Bonchev–Trinajstić information content (AvgIpc) is 2.39. The fraction of sp³-hybridized carbons (Fsp3) is 0.600. The molecule has 0 radical (unpaired) electrons. The molecule has 2 aliphatic carbocycles. The third kappa shape index (κ3) is 2.88. The van der Waals surface area contributed by atoms with Gasteiger partial charge in [-0.15, -0.1) is 0 Å². The highest BCUT2D eigenvalue weighted by molar-refractivity contribution is 9.10. The van der Waals surface area contributed by atoms with Crippen molar-refractivity contribution in [3.8, 4) is 0 Å². The molecule has 3 rings (SSSR count). The number of rotatable bonds is 2. The Morgan fingerprint density at radius 2 is 2.00 bits per heavy atom.